The minimum atomic E-state index is -2.89. The number of halogens is 2. The van der Waals surface area contributed by atoms with Crippen LogP contribution in [0.4, 0.5) is 8.78 Å². The Hall–Kier alpha value is -1.46. The molecular weight excluding hydrogens is 208 g/mol. The summed E-state index contributed by atoms with van der Waals surface area (Å²) in [6.07, 6.45) is 1.28. The number of oxazole rings is 1. The molecule has 82 valence electrons. The SMILES string of the molecule is O=C(O)c1ncoc1C1CCCC1(F)F. The molecule has 0 amide bonds. The van der Waals surface area contributed by atoms with Gasteiger partial charge in [0.25, 0.3) is 5.92 Å². The summed E-state index contributed by atoms with van der Waals surface area (Å²) in [7, 11) is 0. The van der Waals surface area contributed by atoms with E-state index in [4.69, 9.17) is 9.52 Å². The molecular formula is C9H9F2NO3. The first-order valence-electron chi connectivity index (χ1n) is 4.57. The molecule has 0 aliphatic heterocycles. The molecule has 1 fully saturated rings. The van der Waals surface area contributed by atoms with Crippen molar-refractivity contribution in [1.82, 2.24) is 4.98 Å². The van der Waals surface area contributed by atoms with Crippen LogP contribution in [0.25, 0.3) is 0 Å². The lowest BCUT2D eigenvalue weighted by Gasteiger charge is -2.16. The molecule has 0 bridgehead atoms. The van der Waals surface area contributed by atoms with Gasteiger partial charge in [-0.15, -0.1) is 0 Å². The monoisotopic (exact) mass is 217 g/mol. The molecule has 1 unspecified atom stereocenters. The standard InChI is InChI=1S/C9H9F2NO3/c10-9(11)3-1-2-5(9)7-6(8(13)14)12-4-15-7/h4-5H,1-3H2,(H,13,14). The predicted molar refractivity (Wildman–Crippen MR) is 45.0 cm³/mol. The summed E-state index contributed by atoms with van der Waals surface area (Å²) in [5, 5.41) is 8.72. The van der Waals surface area contributed by atoms with Crippen LogP contribution < -0.4 is 0 Å². The molecule has 15 heavy (non-hydrogen) atoms. The van der Waals surface area contributed by atoms with Gasteiger partial charge < -0.3 is 9.52 Å². The number of carbonyl (C=O) groups is 1. The lowest BCUT2D eigenvalue weighted by Crippen LogP contribution is -2.21. The van der Waals surface area contributed by atoms with Crippen LogP contribution in [0.2, 0.25) is 0 Å². The van der Waals surface area contributed by atoms with Crippen molar-refractivity contribution in [3.05, 3.63) is 17.8 Å². The van der Waals surface area contributed by atoms with E-state index >= 15 is 0 Å². The summed E-state index contributed by atoms with van der Waals surface area (Å²) in [6.45, 7) is 0. The zero-order chi connectivity index (χ0) is 11.1. The first-order chi connectivity index (χ1) is 7.02. The lowest BCUT2D eigenvalue weighted by atomic mass is 10.0. The van der Waals surface area contributed by atoms with Gasteiger partial charge in [0.1, 0.15) is 5.76 Å². The highest BCUT2D eigenvalue weighted by Gasteiger charge is 2.48. The van der Waals surface area contributed by atoms with Crippen LogP contribution in [-0.2, 0) is 0 Å². The minimum Gasteiger partial charge on any atom is -0.476 e. The maximum atomic E-state index is 13.3. The Morgan fingerprint density at radius 2 is 2.40 bits per heavy atom. The highest BCUT2D eigenvalue weighted by molar-refractivity contribution is 5.86. The number of rotatable bonds is 2. The molecule has 4 nitrogen and oxygen atoms in total. The fourth-order valence-corrected chi connectivity index (χ4v) is 1.91. The van der Waals surface area contributed by atoms with E-state index in [-0.39, 0.29) is 18.6 Å². The first-order valence-corrected chi connectivity index (χ1v) is 4.57. The number of alkyl halides is 2. The highest BCUT2D eigenvalue weighted by atomic mass is 19.3. The summed E-state index contributed by atoms with van der Waals surface area (Å²) in [5.41, 5.74) is -0.401. The Balaban J connectivity index is 2.37. The number of hydrogen-bond donors (Lipinski definition) is 1. The van der Waals surface area contributed by atoms with Gasteiger partial charge in [0.05, 0.1) is 5.92 Å². The summed E-state index contributed by atoms with van der Waals surface area (Å²) in [5.74, 6) is -5.57. The molecule has 1 aromatic heterocycles. The Kier molecular flexibility index (Phi) is 2.21. The van der Waals surface area contributed by atoms with Crippen molar-refractivity contribution in [2.45, 2.75) is 31.1 Å². The fourth-order valence-electron chi connectivity index (χ4n) is 1.91. The molecule has 1 saturated carbocycles. The number of carboxylic acids is 1. The fraction of sp³-hybridized carbons (Fsp3) is 0.556. The van der Waals surface area contributed by atoms with Crippen molar-refractivity contribution >= 4 is 5.97 Å². The molecule has 6 heteroatoms. The van der Waals surface area contributed by atoms with E-state index in [1.54, 1.807) is 0 Å². The average molecular weight is 217 g/mol. The predicted octanol–water partition coefficient (Wildman–Crippen LogP) is 2.28. The Labute approximate surface area is 83.9 Å². The number of carboxylic acid groups (broad SMARTS) is 1. The third-order valence-electron chi connectivity index (χ3n) is 2.63. The number of aromatic nitrogens is 1. The normalized spacial score (nSPS) is 24.3. The van der Waals surface area contributed by atoms with Crippen LogP contribution in [0.5, 0.6) is 0 Å². The molecule has 1 aliphatic carbocycles. The second-order valence-corrected chi connectivity index (χ2v) is 3.58. The molecule has 1 heterocycles. The van der Waals surface area contributed by atoms with E-state index in [2.05, 4.69) is 4.98 Å². The second-order valence-electron chi connectivity index (χ2n) is 3.58. The van der Waals surface area contributed by atoms with E-state index in [0.717, 1.165) is 6.39 Å². The van der Waals surface area contributed by atoms with Crippen molar-refractivity contribution in [2.75, 3.05) is 0 Å². The van der Waals surface area contributed by atoms with E-state index in [0.29, 0.717) is 6.42 Å². The van der Waals surface area contributed by atoms with Crippen LogP contribution in [0, 0.1) is 0 Å². The van der Waals surface area contributed by atoms with Gasteiger partial charge in [0.15, 0.2) is 12.1 Å². The Morgan fingerprint density at radius 3 is 2.93 bits per heavy atom. The van der Waals surface area contributed by atoms with Crippen molar-refractivity contribution in [1.29, 1.82) is 0 Å². The van der Waals surface area contributed by atoms with Crippen molar-refractivity contribution in [2.24, 2.45) is 0 Å². The molecule has 0 radical (unpaired) electrons. The highest BCUT2D eigenvalue weighted by Crippen LogP contribution is 2.47. The quantitative estimate of drug-likeness (QED) is 0.825. The molecule has 0 saturated heterocycles. The molecule has 0 spiro atoms. The molecule has 0 aromatic carbocycles. The number of aromatic carboxylic acids is 1. The maximum absolute atomic E-state index is 13.3. The smallest absolute Gasteiger partial charge is 0.358 e. The molecule has 1 aromatic rings. The maximum Gasteiger partial charge on any atom is 0.358 e. The van der Waals surface area contributed by atoms with Crippen molar-refractivity contribution in [3.8, 4) is 0 Å². The second kappa shape index (κ2) is 3.29. The molecule has 1 N–H and O–H groups in total. The molecule has 1 aliphatic rings. The summed E-state index contributed by atoms with van der Waals surface area (Å²) >= 11 is 0. The zero-order valence-electron chi connectivity index (χ0n) is 7.74. The average Bonchev–Trinajstić information content (AvgIpc) is 2.69. The van der Waals surface area contributed by atoms with Gasteiger partial charge in [0.2, 0.25) is 0 Å². The first kappa shape index (κ1) is 10.1. The van der Waals surface area contributed by atoms with Gasteiger partial charge in [0, 0.05) is 6.42 Å². The van der Waals surface area contributed by atoms with Gasteiger partial charge in [-0.2, -0.15) is 0 Å². The largest absolute Gasteiger partial charge is 0.476 e. The van der Waals surface area contributed by atoms with Crippen LogP contribution in [0.3, 0.4) is 0 Å². The van der Waals surface area contributed by atoms with Gasteiger partial charge in [-0.05, 0) is 12.8 Å². The van der Waals surface area contributed by atoms with Crippen LogP contribution in [0.15, 0.2) is 10.8 Å². The van der Waals surface area contributed by atoms with Crippen LogP contribution in [0.1, 0.15) is 41.4 Å². The van der Waals surface area contributed by atoms with Gasteiger partial charge in [-0.3, -0.25) is 0 Å². The molecule has 2 rings (SSSR count). The van der Waals surface area contributed by atoms with Gasteiger partial charge >= 0.3 is 5.97 Å². The third-order valence-corrected chi connectivity index (χ3v) is 2.63. The van der Waals surface area contributed by atoms with E-state index in [1.165, 1.54) is 0 Å². The van der Waals surface area contributed by atoms with Crippen LogP contribution in [-0.4, -0.2) is 22.0 Å². The minimum absolute atomic E-state index is 0.204. The summed E-state index contributed by atoms with van der Waals surface area (Å²) in [4.78, 5) is 14.1. The Bertz CT molecular complexity index is 388. The summed E-state index contributed by atoms with van der Waals surface area (Å²) < 4.78 is 31.4. The lowest BCUT2D eigenvalue weighted by molar-refractivity contribution is -0.0147. The number of nitrogens with zero attached hydrogens (tertiary/aromatic N) is 1. The van der Waals surface area contributed by atoms with E-state index < -0.39 is 23.5 Å². The van der Waals surface area contributed by atoms with Crippen LogP contribution >= 0.6 is 0 Å². The third kappa shape index (κ3) is 1.60. The van der Waals surface area contributed by atoms with E-state index in [1.807, 2.05) is 0 Å². The van der Waals surface area contributed by atoms with Crippen molar-refractivity contribution in [3.63, 3.8) is 0 Å². The zero-order valence-corrected chi connectivity index (χ0v) is 7.74. The van der Waals surface area contributed by atoms with Crippen molar-refractivity contribution < 1.29 is 23.1 Å². The molecule has 1 atom stereocenters. The Morgan fingerprint density at radius 1 is 1.67 bits per heavy atom. The van der Waals surface area contributed by atoms with Gasteiger partial charge in [-0.25, -0.2) is 18.6 Å². The topological polar surface area (TPSA) is 63.3 Å². The number of hydrogen-bond acceptors (Lipinski definition) is 3. The summed E-state index contributed by atoms with van der Waals surface area (Å²) in [6, 6.07) is 0. The van der Waals surface area contributed by atoms with Gasteiger partial charge in [-0.1, -0.05) is 0 Å². The van der Waals surface area contributed by atoms with E-state index in [9.17, 15) is 13.6 Å².